The Morgan fingerprint density at radius 3 is 2.10 bits per heavy atom. The predicted molar refractivity (Wildman–Crippen MR) is 48.7 cm³/mol. The zero-order valence-corrected chi connectivity index (χ0v) is 8.49. The van der Waals surface area contributed by atoms with Gasteiger partial charge in [-0.3, -0.25) is 0 Å². The van der Waals surface area contributed by atoms with E-state index in [0.717, 1.165) is 0 Å². The summed E-state index contributed by atoms with van der Waals surface area (Å²) in [6, 6.07) is 0. The second-order valence-electron chi connectivity index (χ2n) is 2.35. The normalized spacial score (nSPS) is 10.8. The predicted octanol–water partition coefficient (Wildman–Crippen LogP) is 1.53. The van der Waals surface area contributed by atoms with Gasteiger partial charge in [-0.25, -0.2) is 4.79 Å². The maximum Gasteiger partial charge on any atom is 0.334 e. The Balaban J connectivity index is 3.93. The van der Waals surface area contributed by atoms with Crippen LogP contribution in [0.25, 0.3) is 0 Å². The van der Waals surface area contributed by atoms with Gasteiger partial charge in [0.2, 0.25) is 0 Å². The van der Waals surface area contributed by atoms with E-state index >= 15 is 0 Å². The summed E-state index contributed by atoms with van der Waals surface area (Å²) in [5.74, 6) is -0.368. The lowest BCUT2D eigenvalue weighted by Crippen LogP contribution is -2.17. The van der Waals surface area contributed by atoms with Crippen molar-refractivity contribution in [3.05, 3.63) is 12.2 Å². The van der Waals surface area contributed by atoms with Gasteiger partial charge in [0.1, 0.15) is 5.08 Å². The number of rotatable bonds is 2. The van der Waals surface area contributed by atoms with Crippen molar-refractivity contribution in [3.63, 3.8) is 0 Å². The summed E-state index contributed by atoms with van der Waals surface area (Å²) in [6.07, 6.45) is 0. The van der Waals surface area contributed by atoms with Crippen LogP contribution in [0.3, 0.4) is 0 Å². The van der Waals surface area contributed by atoms with Gasteiger partial charge in [-0.1, -0.05) is 25.1 Å². The Morgan fingerprint density at radius 1 is 1.60 bits per heavy atom. The third-order valence-electron chi connectivity index (χ3n) is 0.661. The van der Waals surface area contributed by atoms with Crippen molar-refractivity contribution in [1.82, 2.24) is 0 Å². The number of carbonyl (C=O) groups excluding carboxylic acids is 1. The molecule has 0 amide bonds. The lowest BCUT2D eigenvalue weighted by molar-refractivity contribution is -0.141. The topological polar surface area (TPSA) is 26.3 Å². The highest BCUT2D eigenvalue weighted by atomic mass is 31.1. The maximum absolute atomic E-state index is 10.8. The quantitative estimate of drug-likeness (QED) is 0.364. The smallest absolute Gasteiger partial charge is 0.334 e. The summed E-state index contributed by atoms with van der Waals surface area (Å²) in [6.45, 7) is 6.81. The van der Waals surface area contributed by atoms with Crippen LogP contribution in [0.2, 0.25) is 0 Å². The molecule has 0 fully saturated rings. The van der Waals surface area contributed by atoms with E-state index < -0.39 is 5.08 Å². The first-order chi connectivity index (χ1) is 4.33. The molecule has 0 aromatic heterocycles. The van der Waals surface area contributed by atoms with Crippen LogP contribution in [0.5, 0.6) is 0 Å². The van der Waals surface area contributed by atoms with Crippen LogP contribution in [0, 0.1) is 0 Å². The standard InChI is InChI=1S/C6H12O2P2/c1-4(2)5(7)8-6(3,9)10/h1,9-10H2,2-3H3. The van der Waals surface area contributed by atoms with Gasteiger partial charge < -0.3 is 4.74 Å². The highest BCUT2D eigenvalue weighted by Gasteiger charge is 2.16. The average Bonchev–Trinajstić information content (AvgIpc) is 1.60. The highest BCUT2D eigenvalue weighted by Crippen LogP contribution is 2.27. The number of hydrogen-bond acceptors (Lipinski definition) is 2. The lowest BCUT2D eigenvalue weighted by Gasteiger charge is -2.18. The van der Waals surface area contributed by atoms with Crippen LogP contribution in [0.15, 0.2) is 12.2 Å². The van der Waals surface area contributed by atoms with Gasteiger partial charge in [0.15, 0.2) is 0 Å². The number of esters is 1. The Hall–Kier alpha value is 0.0700. The summed E-state index contributed by atoms with van der Waals surface area (Å²) in [5.41, 5.74) is 0.413. The molecule has 0 bridgehead atoms. The first-order valence-electron chi connectivity index (χ1n) is 2.79. The summed E-state index contributed by atoms with van der Waals surface area (Å²) in [7, 11) is 4.77. The first kappa shape index (κ1) is 10.1. The van der Waals surface area contributed by atoms with Crippen molar-refractivity contribution in [2.45, 2.75) is 18.9 Å². The van der Waals surface area contributed by atoms with E-state index in [1.165, 1.54) is 0 Å². The molecule has 0 saturated heterocycles. The molecule has 0 N–H and O–H groups in total. The van der Waals surface area contributed by atoms with Crippen molar-refractivity contribution >= 4 is 24.4 Å². The van der Waals surface area contributed by atoms with E-state index in [2.05, 4.69) is 25.1 Å². The number of carbonyl (C=O) groups is 1. The van der Waals surface area contributed by atoms with Gasteiger partial charge in [0.25, 0.3) is 0 Å². The Morgan fingerprint density at radius 2 is 2.00 bits per heavy atom. The fraction of sp³-hybridized carbons (Fsp3) is 0.500. The molecule has 2 atom stereocenters. The molecule has 0 saturated carbocycles. The molecular formula is C6H12O2P2. The van der Waals surface area contributed by atoms with E-state index in [0.29, 0.717) is 5.57 Å². The number of hydrogen-bond donors (Lipinski definition) is 0. The van der Waals surface area contributed by atoms with Gasteiger partial charge >= 0.3 is 5.97 Å². The van der Waals surface area contributed by atoms with E-state index in [1.54, 1.807) is 13.8 Å². The van der Waals surface area contributed by atoms with Crippen molar-refractivity contribution in [3.8, 4) is 0 Å². The fourth-order valence-electron chi connectivity index (χ4n) is 0.287. The molecule has 0 heterocycles. The molecule has 2 nitrogen and oxygen atoms in total. The van der Waals surface area contributed by atoms with Crippen LogP contribution in [-0.4, -0.2) is 11.1 Å². The molecule has 0 spiro atoms. The Labute approximate surface area is 65.8 Å². The summed E-state index contributed by atoms with van der Waals surface area (Å²) in [4.78, 5) is 10.8. The minimum absolute atomic E-state index is 0.368. The molecule has 0 aromatic rings. The van der Waals surface area contributed by atoms with Gasteiger partial charge in [0, 0.05) is 5.57 Å². The van der Waals surface area contributed by atoms with Crippen LogP contribution >= 0.6 is 18.5 Å². The largest absolute Gasteiger partial charge is 0.448 e. The van der Waals surface area contributed by atoms with Crippen LogP contribution in [0.4, 0.5) is 0 Å². The van der Waals surface area contributed by atoms with Crippen molar-refractivity contribution in [2.24, 2.45) is 0 Å². The summed E-state index contributed by atoms with van der Waals surface area (Å²) < 4.78 is 4.89. The molecule has 2 unspecified atom stereocenters. The first-order valence-corrected chi connectivity index (χ1v) is 3.95. The van der Waals surface area contributed by atoms with Crippen molar-refractivity contribution in [1.29, 1.82) is 0 Å². The van der Waals surface area contributed by atoms with Gasteiger partial charge in [0.05, 0.1) is 0 Å². The molecular weight excluding hydrogens is 166 g/mol. The van der Waals surface area contributed by atoms with E-state index in [1.807, 2.05) is 0 Å². The van der Waals surface area contributed by atoms with Gasteiger partial charge in [-0.15, -0.1) is 0 Å². The molecule has 0 aliphatic rings. The Kier molecular flexibility index (Phi) is 3.48. The van der Waals surface area contributed by atoms with Gasteiger partial charge in [-0.2, -0.15) is 0 Å². The van der Waals surface area contributed by atoms with Crippen LogP contribution < -0.4 is 0 Å². The van der Waals surface area contributed by atoms with E-state index in [4.69, 9.17) is 4.74 Å². The minimum Gasteiger partial charge on any atom is -0.448 e. The third-order valence-corrected chi connectivity index (χ3v) is 0.897. The second-order valence-corrected chi connectivity index (χ2v) is 5.31. The molecule has 4 heteroatoms. The SMILES string of the molecule is C=C(C)C(=O)OC(C)(P)P. The minimum atomic E-state index is -0.573. The zero-order valence-electron chi connectivity index (χ0n) is 6.18. The molecule has 58 valence electrons. The van der Waals surface area contributed by atoms with Crippen molar-refractivity contribution < 1.29 is 9.53 Å². The highest BCUT2D eigenvalue weighted by molar-refractivity contribution is 7.39. The van der Waals surface area contributed by atoms with E-state index in [9.17, 15) is 4.79 Å². The maximum atomic E-state index is 10.8. The lowest BCUT2D eigenvalue weighted by atomic mass is 10.4. The van der Waals surface area contributed by atoms with Crippen molar-refractivity contribution in [2.75, 3.05) is 0 Å². The molecule has 0 rings (SSSR count). The number of ether oxygens (including phenoxy) is 1. The van der Waals surface area contributed by atoms with Gasteiger partial charge in [-0.05, 0) is 13.8 Å². The van der Waals surface area contributed by atoms with Crippen LogP contribution in [-0.2, 0) is 9.53 Å². The Bertz CT molecular complexity index is 158. The third kappa shape index (κ3) is 4.90. The molecule has 10 heavy (non-hydrogen) atoms. The molecule has 0 aliphatic carbocycles. The molecule has 0 aliphatic heterocycles. The average molecular weight is 178 g/mol. The second kappa shape index (κ2) is 3.46. The van der Waals surface area contributed by atoms with E-state index in [-0.39, 0.29) is 5.97 Å². The summed E-state index contributed by atoms with van der Waals surface area (Å²) in [5, 5.41) is -0.573. The molecule has 0 radical (unpaired) electrons. The molecule has 0 aromatic carbocycles. The van der Waals surface area contributed by atoms with Crippen LogP contribution in [0.1, 0.15) is 13.8 Å². The summed E-state index contributed by atoms with van der Waals surface area (Å²) >= 11 is 0. The monoisotopic (exact) mass is 178 g/mol. The zero-order chi connectivity index (χ0) is 8.36. The fourth-order valence-corrected chi connectivity index (χ4v) is 0.501.